The van der Waals surface area contributed by atoms with Gasteiger partial charge in [-0.05, 0) is 30.9 Å². The highest BCUT2D eigenvalue weighted by atomic mass is 35.5. The highest BCUT2D eigenvalue weighted by molar-refractivity contribution is 6.30. The number of rotatable bonds is 3. The highest BCUT2D eigenvalue weighted by Gasteiger charge is 2.31. The molecule has 100 valence electrons. The normalized spacial score (nSPS) is 22.7. The summed E-state index contributed by atoms with van der Waals surface area (Å²) in [6, 6.07) is 1.96. The Bertz CT molecular complexity index is 428. The van der Waals surface area contributed by atoms with Crippen LogP contribution in [0.15, 0.2) is 12.3 Å². The second kappa shape index (κ2) is 5.33. The SMILES string of the molecule is CC1(C)CCCNC1CNC(=O)c1cc(Cl)c[nH]1. The van der Waals surface area contributed by atoms with Crippen LogP contribution in [0.25, 0.3) is 0 Å². The first kappa shape index (κ1) is 13.4. The maximum atomic E-state index is 11.9. The molecule has 5 heteroatoms. The lowest BCUT2D eigenvalue weighted by atomic mass is 9.77. The van der Waals surface area contributed by atoms with E-state index in [0.717, 1.165) is 6.54 Å². The van der Waals surface area contributed by atoms with Crippen molar-refractivity contribution in [3.05, 3.63) is 23.0 Å². The second-order valence-electron chi connectivity index (χ2n) is 5.54. The average molecular weight is 270 g/mol. The van der Waals surface area contributed by atoms with E-state index in [-0.39, 0.29) is 11.3 Å². The molecule has 0 saturated carbocycles. The quantitative estimate of drug-likeness (QED) is 0.788. The zero-order valence-corrected chi connectivity index (χ0v) is 11.6. The van der Waals surface area contributed by atoms with Crippen molar-refractivity contribution in [2.75, 3.05) is 13.1 Å². The maximum Gasteiger partial charge on any atom is 0.267 e. The van der Waals surface area contributed by atoms with E-state index in [2.05, 4.69) is 29.5 Å². The molecule has 1 saturated heterocycles. The van der Waals surface area contributed by atoms with Gasteiger partial charge in [0.25, 0.3) is 5.91 Å². The smallest absolute Gasteiger partial charge is 0.267 e. The van der Waals surface area contributed by atoms with E-state index in [9.17, 15) is 4.79 Å². The van der Waals surface area contributed by atoms with Gasteiger partial charge >= 0.3 is 0 Å². The number of carbonyl (C=O) groups is 1. The molecule has 2 rings (SSSR count). The molecule has 1 unspecified atom stereocenters. The van der Waals surface area contributed by atoms with Crippen LogP contribution in [-0.2, 0) is 0 Å². The number of aromatic amines is 1. The Kier molecular flexibility index (Phi) is 3.97. The standard InChI is InChI=1S/C13H20ClN3O/c1-13(2)4-3-5-15-11(13)8-17-12(18)10-6-9(14)7-16-10/h6-7,11,15-16H,3-5,8H2,1-2H3,(H,17,18). The number of carbonyl (C=O) groups excluding carboxylic acids is 1. The summed E-state index contributed by atoms with van der Waals surface area (Å²) in [5, 5.41) is 6.97. The molecule has 4 nitrogen and oxygen atoms in total. The van der Waals surface area contributed by atoms with Gasteiger partial charge in [-0.3, -0.25) is 4.79 Å². The monoisotopic (exact) mass is 269 g/mol. The summed E-state index contributed by atoms with van der Waals surface area (Å²) in [6.07, 6.45) is 4.00. The predicted molar refractivity (Wildman–Crippen MR) is 72.9 cm³/mol. The number of hydrogen-bond donors (Lipinski definition) is 3. The third-order valence-electron chi connectivity index (χ3n) is 3.69. The minimum atomic E-state index is -0.106. The molecule has 1 aliphatic rings. The van der Waals surface area contributed by atoms with Gasteiger partial charge in [0.1, 0.15) is 5.69 Å². The number of aromatic nitrogens is 1. The molecular formula is C13H20ClN3O. The van der Waals surface area contributed by atoms with E-state index < -0.39 is 0 Å². The number of hydrogen-bond acceptors (Lipinski definition) is 2. The molecule has 1 amide bonds. The van der Waals surface area contributed by atoms with Gasteiger partial charge in [0, 0.05) is 18.8 Å². The van der Waals surface area contributed by atoms with E-state index in [1.165, 1.54) is 12.8 Å². The van der Waals surface area contributed by atoms with Crippen LogP contribution in [0.5, 0.6) is 0 Å². The van der Waals surface area contributed by atoms with Gasteiger partial charge in [-0.25, -0.2) is 0 Å². The molecular weight excluding hydrogens is 250 g/mol. The largest absolute Gasteiger partial charge is 0.356 e. The van der Waals surface area contributed by atoms with Crippen LogP contribution in [0, 0.1) is 5.41 Å². The van der Waals surface area contributed by atoms with Crippen molar-refractivity contribution in [3.8, 4) is 0 Å². The summed E-state index contributed by atoms with van der Waals surface area (Å²) in [5.41, 5.74) is 0.729. The van der Waals surface area contributed by atoms with E-state index in [0.29, 0.717) is 23.3 Å². The summed E-state index contributed by atoms with van der Waals surface area (Å²) in [6.45, 7) is 6.14. The number of amides is 1. The van der Waals surface area contributed by atoms with E-state index in [1.807, 2.05) is 0 Å². The summed E-state index contributed by atoms with van der Waals surface area (Å²) in [5.74, 6) is -0.106. The first-order chi connectivity index (χ1) is 8.49. The van der Waals surface area contributed by atoms with Crippen molar-refractivity contribution in [2.45, 2.75) is 32.7 Å². The fourth-order valence-corrected chi connectivity index (χ4v) is 2.57. The Hall–Kier alpha value is -1.00. The van der Waals surface area contributed by atoms with E-state index >= 15 is 0 Å². The van der Waals surface area contributed by atoms with E-state index in [4.69, 9.17) is 11.6 Å². The Morgan fingerprint density at radius 1 is 1.61 bits per heavy atom. The summed E-state index contributed by atoms with van der Waals surface area (Å²) >= 11 is 5.78. The lowest BCUT2D eigenvalue weighted by Gasteiger charge is -2.39. The van der Waals surface area contributed by atoms with Gasteiger partial charge < -0.3 is 15.6 Å². The van der Waals surface area contributed by atoms with Crippen LogP contribution in [-0.4, -0.2) is 30.0 Å². The zero-order valence-electron chi connectivity index (χ0n) is 10.8. The second-order valence-corrected chi connectivity index (χ2v) is 5.98. The first-order valence-electron chi connectivity index (χ1n) is 6.34. The Morgan fingerprint density at radius 3 is 3.00 bits per heavy atom. The van der Waals surface area contributed by atoms with Gasteiger partial charge in [0.2, 0.25) is 0 Å². The molecule has 18 heavy (non-hydrogen) atoms. The minimum Gasteiger partial charge on any atom is -0.356 e. The highest BCUT2D eigenvalue weighted by Crippen LogP contribution is 2.29. The van der Waals surface area contributed by atoms with Crippen LogP contribution in [0.4, 0.5) is 0 Å². The van der Waals surface area contributed by atoms with Crippen molar-refractivity contribution >= 4 is 17.5 Å². The molecule has 0 aliphatic carbocycles. The van der Waals surface area contributed by atoms with Crippen LogP contribution in [0.2, 0.25) is 5.02 Å². The van der Waals surface area contributed by atoms with Crippen molar-refractivity contribution < 1.29 is 4.79 Å². The van der Waals surface area contributed by atoms with Crippen molar-refractivity contribution in [2.24, 2.45) is 5.41 Å². The third kappa shape index (κ3) is 3.06. The molecule has 0 spiro atoms. The van der Waals surface area contributed by atoms with Crippen LogP contribution in [0.3, 0.4) is 0 Å². The predicted octanol–water partition coefficient (Wildman–Crippen LogP) is 2.18. The summed E-state index contributed by atoms with van der Waals surface area (Å²) in [7, 11) is 0. The minimum absolute atomic E-state index is 0.106. The van der Waals surface area contributed by atoms with Gasteiger partial charge in [-0.15, -0.1) is 0 Å². The molecule has 1 aromatic rings. The number of halogens is 1. The lowest BCUT2D eigenvalue weighted by molar-refractivity contribution is 0.0924. The van der Waals surface area contributed by atoms with E-state index in [1.54, 1.807) is 12.3 Å². The number of nitrogens with one attached hydrogen (secondary N) is 3. The lowest BCUT2D eigenvalue weighted by Crippen LogP contribution is -2.52. The van der Waals surface area contributed by atoms with Crippen molar-refractivity contribution in [1.82, 2.24) is 15.6 Å². The van der Waals surface area contributed by atoms with Gasteiger partial charge in [0.05, 0.1) is 5.02 Å². The van der Waals surface area contributed by atoms with Crippen molar-refractivity contribution in [3.63, 3.8) is 0 Å². The molecule has 0 aromatic carbocycles. The average Bonchev–Trinajstić information content (AvgIpc) is 2.73. The molecule has 3 N–H and O–H groups in total. The molecule has 0 radical (unpaired) electrons. The van der Waals surface area contributed by atoms with Crippen LogP contribution >= 0.6 is 11.6 Å². The number of H-pyrrole nitrogens is 1. The Balaban J connectivity index is 1.89. The molecule has 1 aliphatic heterocycles. The molecule has 1 fully saturated rings. The molecule has 1 aromatic heterocycles. The molecule has 1 atom stereocenters. The van der Waals surface area contributed by atoms with Gasteiger partial charge in [-0.1, -0.05) is 25.4 Å². The zero-order chi connectivity index (χ0) is 13.2. The maximum absolute atomic E-state index is 11.9. The molecule has 0 bridgehead atoms. The topological polar surface area (TPSA) is 56.9 Å². The third-order valence-corrected chi connectivity index (χ3v) is 3.91. The van der Waals surface area contributed by atoms with Gasteiger partial charge in [-0.2, -0.15) is 0 Å². The van der Waals surface area contributed by atoms with Crippen molar-refractivity contribution in [1.29, 1.82) is 0 Å². The first-order valence-corrected chi connectivity index (χ1v) is 6.72. The summed E-state index contributed by atoms with van der Waals surface area (Å²) < 4.78 is 0. The Morgan fingerprint density at radius 2 is 2.39 bits per heavy atom. The molecule has 2 heterocycles. The fraction of sp³-hybridized carbons (Fsp3) is 0.615. The van der Waals surface area contributed by atoms with Crippen LogP contribution in [0.1, 0.15) is 37.2 Å². The summed E-state index contributed by atoms with van der Waals surface area (Å²) in [4.78, 5) is 14.7. The fourth-order valence-electron chi connectivity index (χ4n) is 2.41. The van der Waals surface area contributed by atoms with Gasteiger partial charge in [0.15, 0.2) is 0 Å². The Labute approximate surface area is 112 Å². The number of piperidine rings is 1. The van der Waals surface area contributed by atoms with Crippen LogP contribution < -0.4 is 10.6 Å².